The van der Waals surface area contributed by atoms with Crippen LogP contribution in [0.3, 0.4) is 0 Å². The van der Waals surface area contributed by atoms with Gasteiger partial charge in [-0.25, -0.2) is 23.1 Å². The summed E-state index contributed by atoms with van der Waals surface area (Å²) in [6.07, 6.45) is 1.30. The third-order valence-corrected chi connectivity index (χ3v) is 7.51. The number of benzene rings is 1. The van der Waals surface area contributed by atoms with Crippen LogP contribution in [-0.4, -0.2) is 75.3 Å². The van der Waals surface area contributed by atoms with E-state index in [1.165, 1.54) is 24.5 Å². The van der Waals surface area contributed by atoms with Crippen molar-refractivity contribution < 1.29 is 22.6 Å². The molecule has 11 heteroatoms. The molecule has 0 bridgehead atoms. The number of fused-ring (bicyclic) bond motifs is 1. The quantitative estimate of drug-likeness (QED) is 0.473. The van der Waals surface area contributed by atoms with Gasteiger partial charge in [-0.1, -0.05) is 13.5 Å². The Balaban J connectivity index is 2.02. The molecule has 1 aliphatic heterocycles. The van der Waals surface area contributed by atoms with E-state index in [-0.39, 0.29) is 18.0 Å². The van der Waals surface area contributed by atoms with E-state index in [2.05, 4.69) is 28.9 Å². The van der Waals surface area contributed by atoms with Crippen LogP contribution in [-0.2, 0) is 25.9 Å². The molecule has 2 aromatic rings. The predicted molar refractivity (Wildman–Crippen MR) is 136 cm³/mol. The Morgan fingerprint density at radius 2 is 2.00 bits per heavy atom. The fourth-order valence-corrected chi connectivity index (χ4v) is 5.19. The standard InChI is InChI=1S/C24H35N5O5S/c1-8-10-22-25-16(3)23-17(4)26-24(27-29(22)23)20-13-19(11-12-21(20)34-9-2)35(30,31)28(5)14-18(33-7)15-32-6/h11-13,18H,4,8-10,14-15H2,1-3,5-7H3,(H,26,27)/t18-/m1/s1. The predicted octanol–water partition coefficient (Wildman–Crippen LogP) is 2.80. The van der Waals surface area contributed by atoms with Crippen molar-refractivity contribution >= 4 is 21.6 Å². The zero-order valence-electron chi connectivity index (χ0n) is 21.3. The maximum atomic E-state index is 13.4. The van der Waals surface area contributed by atoms with Gasteiger partial charge in [-0.2, -0.15) is 4.31 Å². The number of amidine groups is 1. The maximum absolute atomic E-state index is 13.4. The lowest BCUT2D eigenvalue weighted by atomic mass is 10.1. The first-order chi connectivity index (χ1) is 16.7. The van der Waals surface area contributed by atoms with Crippen molar-refractivity contribution in [3.8, 4) is 5.75 Å². The Bertz CT molecular complexity index is 1210. The summed E-state index contributed by atoms with van der Waals surface area (Å²) in [5.41, 5.74) is 6.00. The number of sulfonamides is 1. The molecule has 192 valence electrons. The summed E-state index contributed by atoms with van der Waals surface area (Å²) in [6.45, 7) is 10.8. The number of aromatic nitrogens is 2. The number of nitrogens with one attached hydrogen (secondary N) is 1. The first kappa shape index (κ1) is 26.9. The van der Waals surface area contributed by atoms with Gasteiger partial charge in [0.15, 0.2) is 5.84 Å². The number of aliphatic imine (C=N–C) groups is 1. The van der Waals surface area contributed by atoms with Crippen molar-refractivity contribution in [3.63, 3.8) is 0 Å². The van der Waals surface area contributed by atoms with Crippen molar-refractivity contribution in [1.29, 1.82) is 0 Å². The van der Waals surface area contributed by atoms with E-state index in [9.17, 15) is 8.42 Å². The second kappa shape index (κ2) is 11.3. The molecule has 0 spiro atoms. The number of aryl methyl sites for hydroxylation is 2. The number of hydrogen-bond donors (Lipinski definition) is 1. The average molecular weight is 506 g/mol. The molecule has 0 fully saturated rings. The highest BCUT2D eigenvalue weighted by molar-refractivity contribution is 7.89. The van der Waals surface area contributed by atoms with E-state index in [0.29, 0.717) is 29.5 Å². The molecule has 1 atom stereocenters. The number of rotatable bonds is 12. The number of hydrogen-bond acceptors (Lipinski definition) is 8. The van der Waals surface area contributed by atoms with Crippen LogP contribution in [0.1, 0.15) is 43.0 Å². The second-order valence-corrected chi connectivity index (χ2v) is 10.3. The third-order valence-electron chi connectivity index (χ3n) is 5.69. The average Bonchev–Trinajstić information content (AvgIpc) is 3.14. The van der Waals surface area contributed by atoms with Gasteiger partial charge in [-0.05, 0) is 38.5 Å². The zero-order valence-corrected chi connectivity index (χ0v) is 22.1. The van der Waals surface area contributed by atoms with Gasteiger partial charge in [0.05, 0.1) is 41.2 Å². The summed E-state index contributed by atoms with van der Waals surface area (Å²) in [4.78, 5) is 9.42. The minimum Gasteiger partial charge on any atom is -0.493 e. The fraction of sp³-hybridized carbons (Fsp3) is 0.500. The highest BCUT2D eigenvalue weighted by Gasteiger charge is 2.28. The van der Waals surface area contributed by atoms with E-state index >= 15 is 0 Å². The van der Waals surface area contributed by atoms with E-state index in [4.69, 9.17) is 14.2 Å². The molecule has 1 aromatic heterocycles. The van der Waals surface area contributed by atoms with Crippen molar-refractivity contribution in [3.05, 3.63) is 47.6 Å². The van der Waals surface area contributed by atoms with E-state index in [0.717, 1.165) is 30.1 Å². The van der Waals surface area contributed by atoms with Crippen molar-refractivity contribution in [2.24, 2.45) is 4.99 Å². The monoisotopic (exact) mass is 505 g/mol. The van der Waals surface area contributed by atoms with Gasteiger partial charge in [0, 0.05) is 34.2 Å². The van der Waals surface area contributed by atoms with Crippen LogP contribution in [0.25, 0.3) is 5.70 Å². The Hall–Kier alpha value is -2.73. The number of imidazole rings is 1. The summed E-state index contributed by atoms with van der Waals surface area (Å²) in [7, 11) is 0.764. The highest BCUT2D eigenvalue weighted by atomic mass is 32.2. The fourth-order valence-electron chi connectivity index (χ4n) is 3.96. The van der Waals surface area contributed by atoms with Crippen LogP contribution >= 0.6 is 0 Å². The van der Waals surface area contributed by atoms with Gasteiger partial charge in [0.25, 0.3) is 0 Å². The SMILES string of the molecule is C=C1N=C(c2cc(S(=O)(=O)N(C)C[C@H](COC)OC)ccc2OCC)Nn2c(CCC)nc(C)c21. The smallest absolute Gasteiger partial charge is 0.242 e. The number of likely N-dealkylation sites (N-methyl/N-ethyl adjacent to an activating group) is 1. The Morgan fingerprint density at radius 1 is 1.26 bits per heavy atom. The van der Waals surface area contributed by atoms with Crippen molar-refractivity contribution in [1.82, 2.24) is 14.0 Å². The molecule has 35 heavy (non-hydrogen) atoms. The van der Waals surface area contributed by atoms with Crippen LogP contribution in [0, 0.1) is 6.92 Å². The molecule has 0 amide bonds. The van der Waals surface area contributed by atoms with Crippen LogP contribution in [0.5, 0.6) is 5.75 Å². The van der Waals surface area contributed by atoms with Crippen LogP contribution in [0.15, 0.2) is 34.7 Å². The van der Waals surface area contributed by atoms with Gasteiger partial charge in [-0.3, -0.25) is 5.43 Å². The Morgan fingerprint density at radius 3 is 2.63 bits per heavy atom. The molecule has 0 saturated carbocycles. The lowest BCUT2D eigenvalue weighted by molar-refractivity contribution is 0.0207. The molecule has 10 nitrogen and oxygen atoms in total. The first-order valence-electron chi connectivity index (χ1n) is 11.6. The van der Waals surface area contributed by atoms with Crippen LogP contribution < -0.4 is 10.2 Å². The molecule has 0 aliphatic carbocycles. The number of nitrogens with zero attached hydrogens (tertiary/aromatic N) is 4. The summed E-state index contributed by atoms with van der Waals surface area (Å²) in [5.74, 6) is 1.81. The minimum atomic E-state index is -3.82. The Kier molecular flexibility index (Phi) is 8.70. The van der Waals surface area contributed by atoms with Crippen molar-refractivity contribution in [2.45, 2.75) is 44.6 Å². The van der Waals surface area contributed by atoms with Crippen LogP contribution in [0.2, 0.25) is 0 Å². The molecule has 0 radical (unpaired) electrons. The van der Waals surface area contributed by atoms with E-state index in [1.807, 2.05) is 18.5 Å². The third kappa shape index (κ3) is 5.58. The van der Waals surface area contributed by atoms with Gasteiger partial charge < -0.3 is 14.2 Å². The van der Waals surface area contributed by atoms with Gasteiger partial charge in [-0.15, -0.1) is 0 Å². The van der Waals surface area contributed by atoms with Crippen LogP contribution in [0.4, 0.5) is 0 Å². The molecular weight excluding hydrogens is 470 g/mol. The second-order valence-electron chi connectivity index (χ2n) is 8.26. The molecule has 2 heterocycles. The largest absolute Gasteiger partial charge is 0.493 e. The molecule has 0 unspecified atom stereocenters. The van der Waals surface area contributed by atoms with E-state index in [1.54, 1.807) is 19.2 Å². The van der Waals surface area contributed by atoms with E-state index < -0.39 is 16.1 Å². The molecule has 1 N–H and O–H groups in total. The molecule has 1 aliphatic rings. The summed E-state index contributed by atoms with van der Waals surface area (Å²) in [6, 6.07) is 4.76. The normalized spacial score (nSPS) is 14.5. The lowest BCUT2D eigenvalue weighted by Crippen LogP contribution is -2.37. The maximum Gasteiger partial charge on any atom is 0.242 e. The summed E-state index contributed by atoms with van der Waals surface area (Å²) >= 11 is 0. The summed E-state index contributed by atoms with van der Waals surface area (Å²) < 4.78 is 46.2. The minimum absolute atomic E-state index is 0.113. The molecule has 3 rings (SSSR count). The Labute approximate surface area is 207 Å². The van der Waals surface area contributed by atoms with Crippen molar-refractivity contribution in [2.75, 3.05) is 46.5 Å². The van der Waals surface area contributed by atoms with Gasteiger partial charge in [0.2, 0.25) is 10.0 Å². The first-order valence-corrected chi connectivity index (χ1v) is 13.0. The zero-order chi connectivity index (χ0) is 25.8. The lowest BCUT2D eigenvalue weighted by Gasteiger charge is -2.25. The molecular formula is C24H35N5O5S. The number of ether oxygens (including phenoxy) is 3. The highest BCUT2D eigenvalue weighted by Crippen LogP contribution is 2.30. The number of methoxy groups -OCH3 is 2. The molecule has 0 saturated heterocycles. The topological polar surface area (TPSA) is 107 Å². The molecule has 1 aromatic carbocycles. The summed E-state index contributed by atoms with van der Waals surface area (Å²) in [5, 5.41) is 0. The van der Waals surface area contributed by atoms with Gasteiger partial charge >= 0.3 is 0 Å². The van der Waals surface area contributed by atoms with Gasteiger partial charge in [0.1, 0.15) is 17.3 Å².